The number of hydrogen-bond acceptors (Lipinski definition) is 5. The Hall–Kier alpha value is -1.69. The summed E-state index contributed by atoms with van der Waals surface area (Å²) in [4.78, 5) is 14.1. The van der Waals surface area contributed by atoms with E-state index in [1.807, 2.05) is 53.7 Å². The number of aromatic nitrogens is 2. The van der Waals surface area contributed by atoms with Crippen molar-refractivity contribution in [2.24, 2.45) is 0 Å². The zero-order chi connectivity index (χ0) is 16.8. The highest BCUT2D eigenvalue weighted by molar-refractivity contribution is 5.69. The molecule has 0 fully saturated rings. The van der Waals surface area contributed by atoms with Crippen LogP contribution < -0.4 is 5.32 Å². The first kappa shape index (κ1) is 18.4. The monoisotopic (exact) mass is 308 g/mol. The molecular formula is C16H28N4O2. The standard InChI is InChI=1S/C16H28N4O2/c1-15(2,3)20(14(21)22-16(4,5)6)11-10-17-12-13-8-7-9-18-19-13/h7-9,17H,10-12H2,1-6H3. The minimum absolute atomic E-state index is 0.290. The van der Waals surface area contributed by atoms with E-state index in [1.54, 1.807) is 11.1 Å². The van der Waals surface area contributed by atoms with Crippen LogP contribution >= 0.6 is 0 Å². The molecule has 1 N–H and O–H groups in total. The smallest absolute Gasteiger partial charge is 0.410 e. The van der Waals surface area contributed by atoms with E-state index in [9.17, 15) is 4.79 Å². The Bertz CT molecular complexity index is 463. The summed E-state index contributed by atoms with van der Waals surface area (Å²) in [5.74, 6) is 0. The van der Waals surface area contributed by atoms with Crippen LogP contribution in [0.15, 0.2) is 18.3 Å². The lowest BCUT2D eigenvalue weighted by Crippen LogP contribution is -2.50. The fourth-order valence-corrected chi connectivity index (χ4v) is 1.85. The van der Waals surface area contributed by atoms with Gasteiger partial charge in [-0.25, -0.2) is 4.79 Å². The maximum Gasteiger partial charge on any atom is 0.410 e. The van der Waals surface area contributed by atoms with Crippen molar-refractivity contribution in [3.05, 3.63) is 24.0 Å². The normalized spacial score (nSPS) is 12.1. The first-order valence-electron chi connectivity index (χ1n) is 7.57. The van der Waals surface area contributed by atoms with Gasteiger partial charge in [-0.1, -0.05) is 0 Å². The van der Waals surface area contributed by atoms with Gasteiger partial charge in [0, 0.05) is 31.4 Å². The molecule has 0 aromatic carbocycles. The molecule has 0 spiro atoms. The Kier molecular flexibility index (Phi) is 6.29. The predicted molar refractivity (Wildman–Crippen MR) is 86.4 cm³/mol. The van der Waals surface area contributed by atoms with E-state index in [1.165, 1.54) is 0 Å². The first-order chi connectivity index (χ1) is 10.1. The second kappa shape index (κ2) is 7.54. The molecule has 0 bridgehead atoms. The number of nitrogens with one attached hydrogen (secondary N) is 1. The number of hydrogen-bond donors (Lipinski definition) is 1. The van der Waals surface area contributed by atoms with Crippen LogP contribution in [0.3, 0.4) is 0 Å². The van der Waals surface area contributed by atoms with Gasteiger partial charge in [0.2, 0.25) is 0 Å². The van der Waals surface area contributed by atoms with Crippen LogP contribution in [0.1, 0.15) is 47.2 Å². The molecule has 124 valence electrons. The number of carbonyl (C=O) groups excluding carboxylic acids is 1. The molecule has 1 aromatic rings. The minimum Gasteiger partial charge on any atom is -0.444 e. The number of nitrogens with zero attached hydrogens (tertiary/aromatic N) is 3. The molecule has 22 heavy (non-hydrogen) atoms. The fraction of sp³-hybridized carbons (Fsp3) is 0.688. The zero-order valence-corrected chi connectivity index (χ0v) is 14.5. The van der Waals surface area contributed by atoms with E-state index >= 15 is 0 Å². The van der Waals surface area contributed by atoms with Crippen LogP contribution in [0.25, 0.3) is 0 Å². The molecule has 0 unspecified atom stereocenters. The number of rotatable bonds is 5. The fourth-order valence-electron chi connectivity index (χ4n) is 1.85. The SMILES string of the molecule is CC(C)(C)OC(=O)N(CCNCc1cccnn1)C(C)(C)C. The van der Waals surface area contributed by atoms with Crippen LogP contribution in [-0.4, -0.2) is 45.4 Å². The van der Waals surface area contributed by atoms with E-state index in [-0.39, 0.29) is 11.6 Å². The zero-order valence-electron chi connectivity index (χ0n) is 14.5. The summed E-state index contributed by atoms with van der Waals surface area (Å²) in [7, 11) is 0. The third-order valence-electron chi connectivity index (χ3n) is 2.87. The molecule has 0 aliphatic rings. The molecular weight excluding hydrogens is 280 g/mol. The summed E-state index contributed by atoms with van der Waals surface area (Å²) in [5.41, 5.74) is 0.0894. The molecule has 0 aliphatic carbocycles. The molecule has 0 aliphatic heterocycles. The Labute approximate surface area is 133 Å². The van der Waals surface area contributed by atoms with E-state index in [4.69, 9.17) is 4.74 Å². The summed E-state index contributed by atoms with van der Waals surface area (Å²) in [6, 6.07) is 3.77. The lowest BCUT2D eigenvalue weighted by atomic mass is 10.1. The molecule has 1 rings (SSSR count). The molecule has 6 heteroatoms. The number of amides is 1. The highest BCUT2D eigenvalue weighted by atomic mass is 16.6. The van der Waals surface area contributed by atoms with Crippen molar-refractivity contribution in [1.29, 1.82) is 0 Å². The van der Waals surface area contributed by atoms with Crippen LogP contribution in [0.4, 0.5) is 4.79 Å². The third-order valence-corrected chi connectivity index (χ3v) is 2.87. The van der Waals surface area contributed by atoms with E-state index in [0.29, 0.717) is 19.6 Å². The van der Waals surface area contributed by atoms with E-state index < -0.39 is 5.60 Å². The molecule has 0 saturated carbocycles. The Morgan fingerprint density at radius 1 is 1.27 bits per heavy atom. The first-order valence-corrected chi connectivity index (χ1v) is 7.57. The molecule has 1 heterocycles. The van der Waals surface area contributed by atoms with Crippen molar-refractivity contribution in [1.82, 2.24) is 20.4 Å². The Morgan fingerprint density at radius 2 is 1.95 bits per heavy atom. The summed E-state index contributed by atoms with van der Waals surface area (Å²) in [5, 5.41) is 11.1. The van der Waals surface area contributed by atoms with Gasteiger partial charge in [-0.15, -0.1) is 0 Å². The average Bonchev–Trinajstić information content (AvgIpc) is 2.36. The molecule has 0 atom stereocenters. The second-order valence-corrected chi connectivity index (χ2v) is 7.19. The van der Waals surface area contributed by atoms with Gasteiger partial charge in [-0.3, -0.25) is 0 Å². The summed E-state index contributed by atoms with van der Waals surface area (Å²) in [6.45, 7) is 13.5. The van der Waals surface area contributed by atoms with Gasteiger partial charge in [0.25, 0.3) is 0 Å². The number of ether oxygens (including phenoxy) is 1. The summed E-state index contributed by atoms with van der Waals surface area (Å²) >= 11 is 0. The van der Waals surface area contributed by atoms with Crippen molar-refractivity contribution in [2.75, 3.05) is 13.1 Å². The summed E-state index contributed by atoms with van der Waals surface area (Å²) in [6.07, 6.45) is 1.36. The predicted octanol–water partition coefficient (Wildman–Crippen LogP) is 2.60. The lowest BCUT2D eigenvalue weighted by molar-refractivity contribution is 0.00663. The van der Waals surface area contributed by atoms with Gasteiger partial charge >= 0.3 is 6.09 Å². The van der Waals surface area contributed by atoms with E-state index in [2.05, 4.69) is 15.5 Å². The highest BCUT2D eigenvalue weighted by Crippen LogP contribution is 2.17. The van der Waals surface area contributed by atoms with Crippen molar-refractivity contribution < 1.29 is 9.53 Å². The van der Waals surface area contributed by atoms with Gasteiger partial charge in [0.05, 0.1) is 5.69 Å². The van der Waals surface area contributed by atoms with Crippen LogP contribution in [0, 0.1) is 0 Å². The maximum absolute atomic E-state index is 12.3. The Balaban J connectivity index is 2.50. The van der Waals surface area contributed by atoms with E-state index in [0.717, 1.165) is 5.69 Å². The van der Waals surface area contributed by atoms with Crippen LogP contribution in [0.5, 0.6) is 0 Å². The quantitative estimate of drug-likeness (QED) is 0.847. The topological polar surface area (TPSA) is 67.3 Å². The van der Waals surface area contributed by atoms with Gasteiger partial charge in [0.1, 0.15) is 5.60 Å². The summed E-state index contributed by atoms with van der Waals surface area (Å²) < 4.78 is 5.48. The minimum atomic E-state index is -0.492. The molecule has 6 nitrogen and oxygen atoms in total. The number of carbonyl (C=O) groups is 1. The van der Waals surface area contributed by atoms with Gasteiger partial charge < -0.3 is 15.0 Å². The van der Waals surface area contributed by atoms with Gasteiger partial charge in [0.15, 0.2) is 0 Å². The van der Waals surface area contributed by atoms with Crippen molar-refractivity contribution >= 4 is 6.09 Å². The highest BCUT2D eigenvalue weighted by Gasteiger charge is 2.30. The molecule has 0 radical (unpaired) electrons. The lowest BCUT2D eigenvalue weighted by Gasteiger charge is -2.36. The van der Waals surface area contributed by atoms with Crippen molar-refractivity contribution in [3.63, 3.8) is 0 Å². The molecule has 1 amide bonds. The van der Waals surface area contributed by atoms with Crippen molar-refractivity contribution in [2.45, 2.75) is 59.2 Å². The molecule has 1 aromatic heterocycles. The average molecular weight is 308 g/mol. The van der Waals surface area contributed by atoms with Gasteiger partial charge in [-0.2, -0.15) is 10.2 Å². The Morgan fingerprint density at radius 3 is 2.45 bits per heavy atom. The van der Waals surface area contributed by atoms with Crippen LogP contribution in [-0.2, 0) is 11.3 Å². The third kappa shape index (κ3) is 6.85. The van der Waals surface area contributed by atoms with Crippen LogP contribution in [0.2, 0.25) is 0 Å². The maximum atomic E-state index is 12.3. The van der Waals surface area contributed by atoms with Gasteiger partial charge in [-0.05, 0) is 53.7 Å². The largest absolute Gasteiger partial charge is 0.444 e. The second-order valence-electron chi connectivity index (χ2n) is 7.19. The molecule has 0 saturated heterocycles. The van der Waals surface area contributed by atoms with Crippen molar-refractivity contribution in [3.8, 4) is 0 Å².